The monoisotopic (exact) mass is 566 g/mol. The van der Waals surface area contributed by atoms with Crippen LogP contribution in [-0.4, -0.2) is 11.8 Å². The minimum atomic E-state index is -4.69. The molecule has 2 amide bonds. The predicted molar refractivity (Wildman–Crippen MR) is 151 cm³/mol. The second-order valence-electron chi connectivity index (χ2n) is 8.34. The lowest BCUT2D eigenvalue weighted by Gasteiger charge is -2.19. The van der Waals surface area contributed by atoms with Crippen LogP contribution in [0, 0.1) is 0 Å². The van der Waals surface area contributed by atoms with Gasteiger partial charge in [-0.2, -0.15) is 13.2 Å². The van der Waals surface area contributed by atoms with Gasteiger partial charge in [0.2, 0.25) is 11.8 Å². The van der Waals surface area contributed by atoms with Crippen LogP contribution in [-0.2, 0) is 15.8 Å². The Hall–Kier alpha value is -4.01. The van der Waals surface area contributed by atoms with Crippen molar-refractivity contribution < 1.29 is 22.8 Å². The third-order valence-electron chi connectivity index (χ3n) is 5.49. The number of thioether (sulfide) groups is 1. The van der Waals surface area contributed by atoms with Crippen LogP contribution in [0.1, 0.15) is 21.9 Å². The molecule has 0 radical (unpaired) electrons. The molecular weight excluding hydrogens is 545 g/mol. The smallest absolute Gasteiger partial charge is 0.324 e. The molecule has 0 aliphatic rings. The summed E-state index contributed by atoms with van der Waals surface area (Å²) in [5.74, 6) is -0.924. The van der Waals surface area contributed by atoms with Crippen molar-refractivity contribution in [2.45, 2.75) is 16.3 Å². The summed E-state index contributed by atoms with van der Waals surface area (Å²) in [6, 6.07) is 28.2. The van der Waals surface area contributed by atoms with E-state index in [1.165, 1.54) is 23.9 Å². The van der Waals surface area contributed by atoms with Gasteiger partial charge in [0.15, 0.2) is 0 Å². The van der Waals surface area contributed by atoms with Crippen molar-refractivity contribution in [2.75, 3.05) is 10.6 Å². The van der Waals surface area contributed by atoms with Crippen LogP contribution in [0.2, 0.25) is 5.02 Å². The Morgan fingerprint density at radius 1 is 0.821 bits per heavy atom. The number of halogens is 4. The van der Waals surface area contributed by atoms with Crippen LogP contribution in [0.25, 0.3) is 6.08 Å². The normalized spacial score (nSPS) is 12.2. The van der Waals surface area contributed by atoms with E-state index in [1.54, 1.807) is 60.7 Å². The number of rotatable bonds is 8. The van der Waals surface area contributed by atoms with Gasteiger partial charge in [-0.15, -0.1) is 11.8 Å². The lowest BCUT2D eigenvalue weighted by molar-refractivity contribution is -0.137. The maximum Gasteiger partial charge on any atom is 0.418 e. The number of hydrogen-bond acceptors (Lipinski definition) is 3. The summed E-state index contributed by atoms with van der Waals surface area (Å²) in [5, 5.41) is 4.26. The highest BCUT2D eigenvalue weighted by Gasteiger charge is 2.35. The van der Waals surface area contributed by atoms with Crippen molar-refractivity contribution >= 4 is 52.6 Å². The molecule has 0 fully saturated rings. The van der Waals surface area contributed by atoms with Gasteiger partial charge in [0, 0.05) is 21.7 Å². The van der Waals surface area contributed by atoms with E-state index in [0.717, 1.165) is 17.7 Å². The third-order valence-corrected chi connectivity index (χ3v) is 6.99. The molecular formula is C30H22ClF3N2O2S. The number of hydrogen-bond donors (Lipinski definition) is 2. The maximum absolute atomic E-state index is 13.6. The zero-order valence-electron chi connectivity index (χ0n) is 20.3. The molecule has 0 saturated heterocycles. The highest BCUT2D eigenvalue weighted by atomic mass is 35.5. The Balaban J connectivity index is 1.49. The summed E-state index contributed by atoms with van der Waals surface area (Å²) >= 11 is 6.94. The van der Waals surface area contributed by atoms with E-state index < -0.39 is 22.9 Å². The Bertz CT molecular complexity index is 1460. The fourth-order valence-electron chi connectivity index (χ4n) is 3.63. The Labute approximate surface area is 232 Å². The molecule has 0 aliphatic heterocycles. The van der Waals surface area contributed by atoms with Gasteiger partial charge in [0.05, 0.1) is 11.3 Å². The van der Waals surface area contributed by atoms with Crippen molar-refractivity contribution in [3.8, 4) is 0 Å². The van der Waals surface area contributed by atoms with Crippen LogP contribution in [0.4, 0.5) is 24.5 Å². The van der Waals surface area contributed by atoms with Gasteiger partial charge in [-0.1, -0.05) is 72.3 Å². The maximum atomic E-state index is 13.6. The van der Waals surface area contributed by atoms with Crippen LogP contribution >= 0.6 is 23.4 Å². The first-order chi connectivity index (χ1) is 18.7. The topological polar surface area (TPSA) is 58.2 Å². The largest absolute Gasteiger partial charge is 0.418 e. The zero-order chi connectivity index (χ0) is 27.8. The molecule has 4 aromatic carbocycles. The highest BCUT2D eigenvalue weighted by molar-refractivity contribution is 8.00. The number of anilines is 2. The summed E-state index contributed by atoms with van der Waals surface area (Å²) < 4.78 is 40.7. The number of alkyl halides is 3. The first-order valence-corrected chi connectivity index (χ1v) is 13.0. The van der Waals surface area contributed by atoms with E-state index in [-0.39, 0.29) is 16.6 Å². The van der Waals surface area contributed by atoms with Crippen molar-refractivity contribution in [1.82, 2.24) is 0 Å². The standard InChI is InChI=1S/C30H22ClF3N2O2S/c31-22-12-17-26(25(19-22)30(32,33)34)36-29(38)28(21-9-5-2-6-10-21)39-24-15-13-23(14-16-24)35-27(37)18-11-20-7-3-1-4-8-20/h1-19,28H,(H,35,37)(H,36,38)/b18-11+. The molecule has 4 rings (SSSR count). The molecule has 4 aromatic rings. The highest BCUT2D eigenvalue weighted by Crippen LogP contribution is 2.40. The Kier molecular flexibility index (Phi) is 9.11. The molecule has 0 aliphatic carbocycles. The summed E-state index contributed by atoms with van der Waals surface area (Å²) in [5.41, 5.74) is 0.664. The van der Waals surface area contributed by atoms with Gasteiger partial charge < -0.3 is 10.6 Å². The van der Waals surface area contributed by atoms with Crippen molar-refractivity contribution in [1.29, 1.82) is 0 Å². The van der Waals surface area contributed by atoms with E-state index >= 15 is 0 Å². The van der Waals surface area contributed by atoms with E-state index in [2.05, 4.69) is 10.6 Å². The predicted octanol–water partition coefficient (Wildman–Crippen LogP) is 8.48. The Morgan fingerprint density at radius 3 is 2.10 bits per heavy atom. The first-order valence-electron chi connectivity index (χ1n) is 11.7. The van der Waals surface area contributed by atoms with E-state index in [1.807, 2.05) is 30.3 Å². The number of carbonyl (C=O) groups excluding carboxylic acids is 2. The molecule has 0 bridgehead atoms. The minimum absolute atomic E-state index is 0.0861. The van der Waals surface area contributed by atoms with Gasteiger partial charge in [0.1, 0.15) is 5.25 Å². The van der Waals surface area contributed by atoms with Crippen molar-refractivity contribution in [3.63, 3.8) is 0 Å². The van der Waals surface area contributed by atoms with Crippen molar-refractivity contribution in [2.24, 2.45) is 0 Å². The van der Waals surface area contributed by atoms with Gasteiger partial charge in [0.25, 0.3) is 0 Å². The van der Waals surface area contributed by atoms with E-state index in [4.69, 9.17) is 11.6 Å². The molecule has 1 unspecified atom stereocenters. The molecule has 0 heterocycles. The van der Waals surface area contributed by atoms with Gasteiger partial charge in [-0.3, -0.25) is 9.59 Å². The molecule has 9 heteroatoms. The average molecular weight is 567 g/mol. The fourth-order valence-corrected chi connectivity index (χ4v) is 4.83. The van der Waals surface area contributed by atoms with E-state index in [0.29, 0.717) is 16.1 Å². The molecule has 1 atom stereocenters. The van der Waals surface area contributed by atoms with Crippen LogP contribution in [0.15, 0.2) is 114 Å². The molecule has 0 spiro atoms. The van der Waals surface area contributed by atoms with Gasteiger partial charge >= 0.3 is 6.18 Å². The first kappa shape index (κ1) is 28.0. The quantitative estimate of drug-likeness (QED) is 0.166. The summed E-state index contributed by atoms with van der Waals surface area (Å²) in [7, 11) is 0. The summed E-state index contributed by atoms with van der Waals surface area (Å²) in [6.07, 6.45) is -1.56. The van der Waals surface area contributed by atoms with Crippen LogP contribution in [0.5, 0.6) is 0 Å². The average Bonchev–Trinajstić information content (AvgIpc) is 2.93. The minimum Gasteiger partial charge on any atom is -0.324 e. The number of nitrogens with one attached hydrogen (secondary N) is 2. The summed E-state index contributed by atoms with van der Waals surface area (Å²) in [4.78, 5) is 26.2. The lowest BCUT2D eigenvalue weighted by atomic mass is 10.1. The van der Waals surface area contributed by atoms with Crippen molar-refractivity contribution in [3.05, 3.63) is 131 Å². The number of amides is 2. The van der Waals surface area contributed by atoms with Gasteiger partial charge in [-0.05, 0) is 59.7 Å². The summed E-state index contributed by atoms with van der Waals surface area (Å²) in [6.45, 7) is 0. The fraction of sp³-hybridized carbons (Fsp3) is 0.0667. The second kappa shape index (κ2) is 12.7. The molecule has 0 saturated carbocycles. The third kappa shape index (κ3) is 7.99. The van der Waals surface area contributed by atoms with E-state index in [9.17, 15) is 22.8 Å². The van der Waals surface area contributed by atoms with Gasteiger partial charge in [-0.25, -0.2) is 0 Å². The second-order valence-corrected chi connectivity index (χ2v) is 9.96. The number of carbonyl (C=O) groups is 2. The van der Waals surface area contributed by atoms with Crippen LogP contribution in [0.3, 0.4) is 0 Å². The molecule has 4 nitrogen and oxygen atoms in total. The number of benzene rings is 4. The molecule has 39 heavy (non-hydrogen) atoms. The SMILES string of the molecule is O=C(/C=C/c1ccccc1)Nc1ccc(SC(C(=O)Nc2ccc(Cl)cc2C(F)(F)F)c2ccccc2)cc1. The molecule has 2 N–H and O–H groups in total. The zero-order valence-corrected chi connectivity index (χ0v) is 21.9. The molecule has 198 valence electrons. The Morgan fingerprint density at radius 2 is 1.46 bits per heavy atom. The lowest BCUT2D eigenvalue weighted by Crippen LogP contribution is -2.21. The molecule has 0 aromatic heterocycles. The van der Waals surface area contributed by atoms with Crippen LogP contribution < -0.4 is 10.6 Å².